The van der Waals surface area contributed by atoms with Crippen LogP contribution in [0.1, 0.15) is 56.5 Å². The quantitative estimate of drug-likeness (QED) is 0.645. The van der Waals surface area contributed by atoms with Crippen LogP contribution in [-0.4, -0.2) is 43.7 Å². The lowest BCUT2D eigenvalue weighted by molar-refractivity contribution is -0.116. The van der Waals surface area contributed by atoms with E-state index in [2.05, 4.69) is 23.2 Å². The van der Waals surface area contributed by atoms with E-state index in [0.717, 1.165) is 55.4 Å². The van der Waals surface area contributed by atoms with Gasteiger partial charge in [-0.05, 0) is 82.4 Å². The van der Waals surface area contributed by atoms with E-state index >= 15 is 0 Å². The van der Waals surface area contributed by atoms with Crippen molar-refractivity contribution in [2.75, 3.05) is 38.2 Å². The number of carbonyl (C=O) groups is 1. The first-order valence-corrected chi connectivity index (χ1v) is 11.5. The molecule has 6 heteroatoms. The van der Waals surface area contributed by atoms with Crippen molar-refractivity contribution in [2.45, 2.75) is 51.9 Å². The molecule has 1 atom stereocenters. The minimum atomic E-state index is 0.0710. The second-order valence-corrected chi connectivity index (χ2v) is 8.87. The zero-order chi connectivity index (χ0) is 21.6. The van der Waals surface area contributed by atoms with E-state index in [1.165, 1.54) is 12.8 Å². The molecule has 168 valence electrons. The second-order valence-electron chi connectivity index (χ2n) is 8.87. The molecule has 6 nitrogen and oxygen atoms in total. The predicted octanol–water partition coefficient (Wildman–Crippen LogP) is 4.98. The van der Waals surface area contributed by atoms with Crippen molar-refractivity contribution in [1.29, 1.82) is 0 Å². The predicted molar refractivity (Wildman–Crippen MR) is 121 cm³/mol. The molecular formula is C25H34N2O4. The van der Waals surface area contributed by atoms with E-state index in [9.17, 15) is 4.79 Å². The van der Waals surface area contributed by atoms with Crippen LogP contribution in [0.15, 0.2) is 34.7 Å². The first-order valence-electron chi connectivity index (χ1n) is 11.5. The number of hydrogen-bond acceptors (Lipinski definition) is 5. The van der Waals surface area contributed by atoms with Gasteiger partial charge in [0.25, 0.3) is 0 Å². The van der Waals surface area contributed by atoms with Gasteiger partial charge in [0.05, 0.1) is 0 Å². The molecule has 2 aliphatic heterocycles. The molecule has 1 amide bonds. The summed E-state index contributed by atoms with van der Waals surface area (Å²) in [5, 5.41) is 3.00. The monoisotopic (exact) mass is 426 g/mol. The summed E-state index contributed by atoms with van der Waals surface area (Å²) in [4.78, 5) is 15.0. The van der Waals surface area contributed by atoms with E-state index in [-0.39, 0.29) is 5.91 Å². The molecule has 1 fully saturated rings. The highest BCUT2D eigenvalue weighted by Gasteiger charge is 2.21. The third-order valence-corrected chi connectivity index (χ3v) is 6.44. The third-order valence-electron chi connectivity index (χ3n) is 6.44. The number of carbonyl (C=O) groups excluding carboxylic acids is 1. The number of amides is 1. The van der Waals surface area contributed by atoms with Gasteiger partial charge in [-0.3, -0.25) is 4.79 Å². The highest BCUT2D eigenvalue weighted by molar-refractivity contribution is 5.91. The van der Waals surface area contributed by atoms with Crippen molar-refractivity contribution < 1.29 is 18.7 Å². The fourth-order valence-electron chi connectivity index (χ4n) is 4.42. The lowest BCUT2D eigenvalue weighted by atomic mass is 9.91. The molecule has 1 N–H and O–H groups in total. The lowest BCUT2D eigenvalue weighted by Gasteiger charge is -2.32. The maximum atomic E-state index is 12.4. The molecule has 2 aromatic rings. The van der Waals surface area contributed by atoms with Crippen molar-refractivity contribution in [1.82, 2.24) is 4.90 Å². The average molecular weight is 427 g/mol. The zero-order valence-electron chi connectivity index (χ0n) is 18.7. The number of likely N-dealkylation sites (tertiary alicyclic amines) is 1. The van der Waals surface area contributed by atoms with Gasteiger partial charge >= 0.3 is 0 Å². The Labute approximate surface area is 184 Å². The summed E-state index contributed by atoms with van der Waals surface area (Å²) in [6.07, 6.45) is 4.98. The summed E-state index contributed by atoms with van der Waals surface area (Å²) in [6, 6.07) is 9.71. The molecule has 0 bridgehead atoms. The zero-order valence-corrected chi connectivity index (χ0v) is 18.7. The normalized spacial score (nSPS) is 18.0. The maximum absolute atomic E-state index is 12.4. The summed E-state index contributed by atoms with van der Waals surface area (Å²) in [5.74, 6) is 4.68. The Balaban J connectivity index is 1.14. The molecule has 0 saturated carbocycles. The molecule has 0 radical (unpaired) electrons. The molecular weight excluding hydrogens is 392 g/mol. The van der Waals surface area contributed by atoms with Gasteiger partial charge in [0.1, 0.15) is 24.7 Å². The smallest absolute Gasteiger partial charge is 0.224 e. The number of benzene rings is 1. The molecule has 1 unspecified atom stereocenters. The number of nitrogens with zero attached hydrogens (tertiary/aromatic N) is 1. The summed E-state index contributed by atoms with van der Waals surface area (Å²) in [6.45, 7) is 8.71. The van der Waals surface area contributed by atoms with Gasteiger partial charge in [-0.25, -0.2) is 0 Å². The van der Waals surface area contributed by atoms with E-state index in [1.54, 1.807) is 0 Å². The van der Waals surface area contributed by atoms with Gasteiger partial charge in [-0.2, -0.15) is 0 Å². The SMILES string of the molecule is Cc1ccc(C(C)CCN2CCC(CCC(=O)Nc3ccc4c(c3)OCCO4)CC2)o1. The molecule has 0 aliphatic carbocycles. The molecule has 1 saturated heterocycles. The van der Waals surface area contributed by atoms with E-state index < -0.39 is 0 Å². The Kier molecular flexibility index (Phi) is 7.17. The van der Waals surface area contributed by atoms with Crippen LogP contribution in [0.2, 0.25) is 0 Å². The number of hydrogen-bond donors (Lipinski definition) is 1. The summed E-state index contributed by atoms with van der Waals surface area (Å²) >= 11 is 0. The van der Waals surface area contributed by atoms with Gasteiger partial charge in [-0.1, -0.05) is 6.92 Å². The van der Waals surface area contributed by atoms with Gasteiger partial charge < -0.3 is 24.1 Å². The molecule has 4 rings (SSSR count). The van der Waals surface area contributed by atoms with Crippen LogP contribution >= 0.6 is 0 Å². The number of aryl methyl sites for hydroxylation is 1. The third kappa shape index (κ3) is 6.03. The molecule has 3 heterocycles. The Morgan fingerprint density at radius 3 is 2.65 bits per heavy atom. The number of furan rings is 1. The Hall–Kier alpha value is -2.47. The van der Waals surface area contributed by atoms with Gasteiger partial charge in [-0.15, -0.1) is 0 Å². The number of piperidine rings is 1. The van der Waals surface area contributed by atoms with Gasteiger partial charge in [0.15, 0.2) is 11.5 Å². The minimum Gasteiger partial charge on any atom is -0.486 e. The number of fused-ring (bicyclic) bond motifs is 1. The van der Waals surface area contributed by atoms with Gasteiger partial charge in [0.2, 0.25) is 5.91 Å². The van der Waals surface area contributed by atoms with Crippen LogP contribution in [-0.2, 0) is 4.79 Å². The van der Waals surface area contributed by atoms with Crippen molar-refractivity contribution in [3.05, 3.63) is 41.9 Å². The van der Waals surface area contributed by atoms with Crippen LogP contribution in [0.5, 0.6) is 11.5 Å². The first-order chi connectivity index (χ1) is 15.1. The van der Waals surface area contributed by atoms with E-state index in [0.29, 0.717) is 37.2 Å². The number of rotatable bonds is 8. The van der Waals surface area contributed by atoms with E-state index in [4.69, 9.17) is 13.9 Å². The highest BCUT2D eigenvalue weighted by Crippen LogP contribution is 2.33. The molecule has 0 spiro atoms. The van der Waals surface area contributed by atoms with Crippen LogP contribution in [0.25, 0.3) is 0 Å². The van der Waals surface area contributed by atoms with E-state index in [1.807, 2.05) is 31.2 Å². The fraction of sp³-hybridized carbons (Fsp3) is 0.560. The number of anilines is 1. The largest absolute Gasteiger partial charge is 0.486 e. The van der Waals surface area contributed by atoms with Crippen LogP contribution in [0.3, 0.4) is 0 Å². The standard InChI is InChI=1S/C25H34N2O4/c1-18(22-6-3-19(2)31-22)9-12-27-13-10-20(11-14-27)4-8-25(28)26-21-5-7-23-24(17-21)30-16-15-29-23/h3,5-7,17-18,20H,4,8-16H2,1-2H3,(H,26,28). The number of nitrogens with one attached hydrogen (secondary N) is 1. The lowest BCUT2D eigenvalue weighted by Crippen LogP contribution is -2.35. The Morgan fingerprint density at radius 1 is 1.13 bits per heavy atom. The van der Waals surface area contributed by atoms with Crippen molar-refractivity contribution in [3.63, 3.8) is 0 Å². The van der Waals surface area contributed by atoms with Crippen molar-refractivity contribution in [2.24, 2.45) is 5.92 Å². The molecule has 31 heavy (non-hydrogen) atoms. The molecule has 2 aliphatic rings. The van der Waals surface area contributed by atoms with Gasteiger partial charge in [0, 0.05) is 24.1 Å². The second kappa shape index (κ2) is 10.2. The Morgan fingerprint density at radius 2 is 1.90 bits per heavy atom. The fourth-order valence-corrected chi connectivity index (χ4v) is 4.42. The van der Waals surface area contributed by atoms with Crippen LogP contribution < -0.4 is 14.8 Å². The maximum Gasteiger partial charge on any atom is 0.224 e. The highest BCUT2D eigenvalue weighted by atomic mass is 16.6. The minimum absolute atomic E-state index is 0.0710. The first kappa shape index (κ1) is 21.8. The van der Waals surface area contributed by atoms with Crippen LogP contribution in [0, 0.1) is 12.8 Å². The summed E-state index contributed by atoms with van der Waals surface area (Å²) in [5.41, 5.74) is 0.768. The van der Waals surface area contributed by atoms with Crippen molar-refractivity contribution >= 4 is 11.6 Å². The average Bonchev–Trinajstić information content (AvgIpc) is 3.23. The molecule has 1 aromatic heterocycles. The summed E-state index contributed by atoms with van der Waals surface area (Å²) < 4.78 is 16.9. The summed E-state index contributed by atoms with van der Waals surface area (Å²) in [7, 11) is 0. The topological polar surface area (TPSA) is 63.9 Å². The number of ether oxygens (including phenoxy) is 2. The molecule has 1 aromatic carbocycles. The Bertz CT molecular complexity index is 870. The van der Waals surface area contributed by atoms with Crippen molar-refractivity contribution in [3.8, 4) is 11.5 Å². The van der Waals surface area contributed by atoms with Crippen LogP contribution in [0.4, 0.5) is 5.69 Å².